The summed E-state index contributed by atoms with van der Waals surface area (Å²) in [6.45, 7) is 1.78. The molecule has 128 valence electrons. The molecular weight excluding hydrogens is 324 g/mol. The quantitative estimate of drug-likeness (QED) is 0.382. The second-order valence-electron chi connectivity index (χ2n) is 5.59. The molecule has 0 amide bonds. The van der Waals surface area contributed by atoms with Crippen molar-refractivity contribution >= 4 is 5.97 Å². The van der Waals surface area contributed by atoms with E-state index in [2.05, 4.69) is 11.8 Å². The fourth-order valence-electron chi connectivity index (χ4n) is 2.50. The maximum Gasteiger partial charge on any atom is 0.343 e. The number of hydrogen-bond donors (Lipinski definition) is 0. The molecule has 0 radical (unpaired) electrons. The highest BCUT2D eigenvalue weighted by atomic mass is 16.5. The van der Waals surface area contributed by atoms with Crippen LogP contribution in [0.25, 0.3) is 11.1 Å². The summed E-state index contributed by atoms with van der Waals surface area (Å²) < 4.78 is 10.6. The maximum absolute atomic E-state index is 12.2. The highest BCUT2D eigenvalue weighted by molar-refractivity contribution is 5.91. The van der Waals surface area contributed by atoms with E-state index in [4.69, 9.17) is 9.47 Å². The normalized spacial score (nSPS) is 9.77. The summed E-state index contributed by atoms with van der Waals surface area (Å²) in [6, 6.07) is 22.3. The summed E-state index contributed by atoms with van der Waals surface area (Å²) in [5, 5.41) is 0. The Morgan fingerprint density at radius 1 is 0.769 bits per heavy atom. The average molecular weight is 342 g/mol. The van der Waals surface area contributed by atoms with E-state index in [1.54, 1.807) is 50.4 Å². The third-order valence-corrected chi connectivity index (χ3v) is 3.88. The first-order valence-corrected chi connectivity index (χ1v) is 8.19. The number of ether oxygens (including phenoxy) is 2. The Morgan fingerprint density at radius 3 is 1.81 bits per heavy atom. The Balaban J connectivity index is 1.69. The molecule has 0 aliphatic rings. The van der Waals surface area contributed by atoms with Crippen molar-refractivity contribution in [3.63, 3.8) is 0 Å². The van der Waals surface area contributed by atoms with Crippen LogP contribution in [0.2, 0.25) is 0 Å². The summed E-state index contributed by atoms with van der Waals surface area (Å²) in [5.41, 5.74) is 3.46. The summed E-state index contributed by atoms with van der Waals surface area (Å²) in [5.74, 6) is 6.70. The van der Waals surface area contributed by atoms with E-state index in [1.807, 2.05) is 36.4 Å². The van der Waals surface area contributed by atoms with Crippen molar-refractivity contribution in [3.8, 4) is 34.5 Å². The lowest BCUT2D eigenvalue weighted by molar-refractivity contribution is 0.0735. The fraction of sp³-hybridized carbons (Fsp3) is 0.0870. The van der Waals surface area contributed by atoms with Gasteiger partial charge in [0.15, 0.2) is 0 Å². The van der Waals surface area contributed by atoms with Gasteiger partial charge >= 0.3 is 5.97 Å². The van der Waals surface area contributed by atoms with Crippen molar-refractivity contribution in [1.29, 1.82) is 0 Å². The van der Waals surface area contributed by atoms with Gasteiger partial charge in [-0.2, -0.15) is 0 Å². The average Bonchev–Trinajstić information content (AvgIpc) is 2.69. The van der Waals surface area contributed by atoms with Gasteiger partial charge in [0, 0.05) is 5.56 Å². The van der Waals surface area contributed by atoms with Crippen LogP contribution in [0.3, 0.4) is 0 Å². The molecule has 0 aliphatic heterocycles. The SMILES string of the molecule is CC#Cc1ccc(C(=O)Oc2ccc(-c3ccc(OC)cc3)cc2)cc1. The Bertz CT molecular complexity index is 942. The molecule has 26 heavy (non-hydrogen) atoms. The fourth-order valence-corrected chi connectivity index (χ4v) is 2.50. The van der Waals surface area contributed by atoms with Gasteiger partial charge in [0.25, 0.3) is 0 Å². The first kappa shape index (κ1) is 17.3. The number of carbonyl (C=O) groups excluding carboxylic acids is 1. The molecule has 3 nitrogen and oxygen atoms in total. The molecule has 3 aromatic carbocycles. The van der Waals surface area contributed by atoms with Crippen LogP contribution in [-0.4, -0.2) is 13.1 Å². The minimum atomic E-state index is -0.391. The van der Waals surface area contributed by atoms with Crippen LogP contribution in [0.1, 0.15) is 22.8 Å². The Kier molecular flexibility index (Phi) is 5.36. The van der Waals surface area contributed by atoms with E-state index in [-0.39, 0.29) is 0 Å². The van der Waals surface area contributed by atoms with Crippen molar-refractivity contribution in [1.82, 2.24) is 0 Å². The molecule has 3 aromatic rings. The van der Waals surface area contributed by atoms with Crippen molar-refractivity contribution in [2.45, 2.75) is 6.92 Å². The molecule has 0 saturated heterocycles. The molecule has 0 unspecified atom stereocenters. The molecule has 0 bridgehead atoms. The van der Waals surface area contributed by atoms with Crippen LogP contribution < -0.4 is 9.47 Å². The van der Waals surface area contributed by atoms with Gasteiger partial charge in [0.1, 0.15) is 11.5 Å². The second kappa shape index (κ2) is 8.04. The Hall–Kier alpha value is -3.51. The first-order chi connectivity index (χ1) is 12.7. The summed E-state index contributed by atoms with van der Waals surface area (Å²) in [4.78, 5) is 12.2. The summed E-state index contributed by atoms with van der Waals surface area (Å²) in [7, 11) is 1.64. The molecule has 3 rings (SSSR count). The van der Waals surface area contributed by atoms with Crippen LogP contribution in [-0.2, 0) is 0 Å². The Labute approximate surface area is 153 Å². The number of esters is 1. The maximum atomic E-state index is 12.2. The number of benzene rings is 3. The van der Waals surface area contributed by atoms with Gasteiger partial charge in [-0.15, -0.1) is 5.92 Å². The number of hydrogen-bond acceptors (Lipinski definition) is 3. The first-order valence-electron chi connectivity index (χ1n) is 8.19. The lowest BCUT2D eigenvalue weighted by Crippen LogP contribution is -2.08. The second-order valence-corrected chi connectivity index (χ2v) is 5.59. The Morgan fingerprint density at radius 2 is 1.31 bits per heavy atom. The van der Waals surface area contributed by atoms with E-state index in [0.717, 1.165) is 22.4 Å². The molecule has 0 aliphatic carbocycles. The predicted octanol–water partition coefficient (Wildman–Crippen LogP) is 4.95. The van der Waals surface area contributed by atoms with Gasteiger partial charge in [-0.1, -0.05) is 30.2 Å². The molecule has 0 aromatic heterocycles. The minimum absolute atomic E-state index is 0.391. The van der Waals surface area contributed by atoms with E-state index in [0.29, 0.717) is 11.3 Å². The molecule has 0 saturated carbocycles. The lowest BCUT2D eigenvalue weighted by Gasteiger charge is -2.07. The predicted molar refractivity (Wildman–Crippen MR) is 102 cm³/mol. The van der Waals surface area contributed by atoms with E-state index < -0.39 is 5.97 Å². The third-order valence-electron chi connectivity index (χ3n) is 3.88. The molecule has 0 N–H and O–H groups in total. The van der Waals surface area contributed by atoms with Gasteiger partial charge in [0.05, 0.1) is 12.7 Å². The number of rotatable bonds is 4. The number of carbonyl (C=O) groups is 1. The van der Waals surface area contributed by atoms with Crippen LogP contribution in [0.15, 0.2) is 72.8 Å². The smallest absolute Gasteiger partial charge is 0.343 e. The van der Waals surface area contributed by atoms with Crippen LogP contribution in [0.5, 0.6) is 11.5 Å². The van der Waals surface area contributed by atoms with E-state index in [1.165, 1.54) is 0 Å². The largest absolute Gasteiger partial charge is 0.497 e. The van der Waals surface area contributed by atoms with E-state index in [9.17, 15) is 4.79 Å². The van der Waals surface area contributed by atoms with E-state index >= 15 is 0 Å². The standard InChI is InChI=1S/C23H18O3/c1-3-4-17-5-7-20(8-6-17)23(24)26-22-15-11-19(12-16-22)18-9-13-21(25-2)14-10-18/h5-16H,1-2H3. The van der Waals surface area contributed by atoms with Crippen molar-refractivity contribution in [2.75, 3.05) is 7.11 Å². The topological polar surface area (TPSA) is 35.5 Å². The highest BCUT2D eigenvalue weighted by Crippen LogP contribution is 2.25. The van der Waals surface area contributed by atoms with Crippen molar-refractivity contribution in [2.24, 2.45) is 0 Å². The van der Waals surface area contributed by atoms with Crippen LogP contribution >= 0.6 is 0 Å². The van der Waals surface area contributed by atoms with Gasteiger partial charge in [-0.25, -0.2) is 4.79 Å². The van der Waals surface area contributed by atoms with Crippen LogP contribution in [0, 0.1) is 11.8 Å². The zero-order chi connectivity index (χ0) is 18.4. The van der Waals surface area contributed by atoms with Crippen molar-refractivity contribution in [3.05, 3.63) is 83.9 Å². The molecule has 3 heteroatoms. The zero-order valence-corrected chi connectivity index (χ0v) is 14.7. The van der Waals surface area contributed by atoms with Crippen LogP contribution in [0.4, 0.5) is 0 Å². The summed E-state index contributed by atoms with van der Waals surface area (Å²) in [6.07, 6.45) is 0. The lowest BCUT2D eigenvalue weighted by atomic mass is 10.1. The molecule has 0 atom stereocenters. The molecule has 0 heterocycles. The third kappa shape index (κ3) is 4.12. The molecule has 0 fully saturated rings. The monoisotopic (exact) mass is 342 g/mol. The molecular formula is C23H18O3. The zero-order valence-electron chi connectivity index (χ0n) is 14.7. The molecule has 0 spiro atoms. The van der Waals surface area contributed by atoms with Gasteiger partial charge in [-0.05, 0) is 66.6 Å². The van der Waals surface area contributed by atoms with Crippen molar-refractivity contribution < 1.29 is 14.3 Å². The van der Waals surface area contributed by atoms with Gasteiger partial charge in [-0.3, -0.25) is 0 Å². The number of methoxy groups -OCH3 is 1. The summed E-state index contributed by atoms with van der Waals surface area (Å²) >= 11 is 0. The highest BCUT2D eigenvalue weighted by Gasteiger charge is 2.08. The minimum Gasteiger partial charge on any atom is -0.497 e. The van der Waals surface area contributed by atoms with Gasteiger partial charge < -0.3 is 9.47 Å². The van der Waals surface area contributed by atoms with Gasteiger partial charge in [0.2, 0.25) is 0 Å².